The van der Waals surface area contributed by atoms with Crippen LogP contribution in [0.2, 0.25) is 0 Å². The number of nitrogens with zero attached hydrogens (tertiary/aromatic N) is 1. The van der Waals surface area contributed by atoms with Crippen LogP contribution in [-0.4, -0.2) is 11.5 Å². The van der Waals surface area contributed by atoms with Crippen molar-refractivity contribution < 1.29 is 9.66 Å². The van der Waals surface area contributed by atoms with E-state index in [0.29, 0.717) is 17.1 Å². The summed E-state index contributed by atoms with van der Waals surface area (Å²) >= 11 is 0. The van der Waals surface area contributed by atoms with Crippen LogP contribution in [0.4, 0.5) is 5.69 Å². The molecule has 0 aromatic heterocycles. The fourth-order valence-corrected chi connectivity index (χ4v) is 1.98. The molecular weight excluding hydrogens is 268 g/mol. The number of nitrogens with one attached hydrogen (secondary N) is 1. The Labute approximate surface area is 123 Å². The van der Waals surface area contributed by atoms with Crippen LogP contribution >= 0.6 is 0 Å². The van der Waals surface area contributed by atoms with E-state index in [1.165, 1.54) is 11.6 Å². The van der Waals surface area contributed by atoms with Gasteiger partial charge >= 0.3 is 0 Å². The third kappa shape index (κ3) is 4.03. The van der Waals surface area contributed by atoms with Crippen LogP contribution in [0.15, 0.2) is 42.5 Å². The van der Waals surface area contributed by atoms with Gasteiger partial charge in [-0.3, -0.25) is 10.1 Å². The third-order valence-electron chi connectivity index (χ3n) is 3.10. The van der Waals surface area contributed by atoms with E-state index in [9.17, 15) is 10.1 Å². The van der Waals surface area contributed by atoms with E-state index in [4.69, 9.17) is 4.74 Å². The predicted molar refractivity (Wildman–Crippen MR) is 81.7 cm³/mol. The van der Waals surface area contributed by atoms with Crippen molar-refractivity contribution in [3.8, 4) is 11.5 Å². The van der Waals surface area contributed by atoms with Gasteiger partial charge in [-0.25, -0.2) is 0 Å². The van der Waals surface area contributed by atoms with Crippen molar-refractivity contribution in [1.29, 1.82) is 0 Å². The van der Waals surface area contributed by atoms with Gasteiger partial charge in [-0.15, -0.1) is 0 Å². The lowest BCUT2D eigenvalue weighted by atomic mass is 10.2. The minimum Gasteiger partial charge on any atom is -0.457 e. The van der Waals surface area contributed by atoms with Crippen LogP contribution in [0.3, 0.4) is 0 Å². The molecule has 0 heterocycles. The zero-order chi connectivity index (χ0) is 15.2. The minimum absolute atomic E-state index is 0.100. The van der Waals surface area contributed by atoms with Crippen LogP contribution in [0.5, 0.6) is 11.5 Å². The zero-order valence-electron chi connectivity index (χ0n) is 12.1. The van der Waals surface area contributed by atoms with Crippen molar-refractivity contribution in [2.45, 2.75) is 20.4 Å². The number of hydrogen-bond acceptors (Lipinski definition) is 4. The van der Waals surface area contributed by atoms with Crippen molar-refractivity contribution >= 4 is 5.69 Å². The summed E-state index contributed by atoms with van der Waals surface area (Å²) in [6.07, 6.45) is 0. The predicted octanol–water partition coefficient (Wildman–Crippen LogP) is 3.81. The molecule has 0 atom stereocenters. The maximum Gasteiger partial charge on any atom is 0.272 e. The fraction of sp³-hybridized carbons (Fsp3) is 0.250. The van der Waals surface area contributed by atoms with Gasteiger partial charge in [0, 0.05) is 18.2 Å². The second-order valence-electron chi connectivity index (χ2n) is 4.73. The number of hydrogen-bond donors (Lipinski definition) is 1. The molecular formula is C16H18N2O3. The van der Waals surface area contributed by atoms with E-state index in [1.807, 2.05) is 24.3 Å². The highest BCUT2D eigenvalue weighted by atomic mass is 16.6. The Morgan fingerprint density at radius 2 is 1.81 bits per heavy atom. The number of rotatable bonds is 6. The molecule has 5 heteroatoms. The lowest BCUT2D eigenvalue weighted by molar-refractivity contribution is -0.385. The fourth-order valence-electron chi connectivity index (χ4n) is 1.98. The second kappa shape index (κ2) is 6.85. The van der Waals surface area contributed by atoms with E-state index in [-0.39, 0.29) is 5.69 Å². The molecule has 0 aliphatic carbocycles. The summed E-state index contributed by atoms with van der Waals surface area (Å²) in [6.45, 7) is 5.52. The first-order valence-electron chi connectivity index (χ1n) is 6.82. The third-order valence-corrected chi connectivity index (χ3v) is 3.10. The van der Waals surface area contributed by atoms with E-state index in [2.05, 4.69) is 12.2 Å². The lowest BCUT2D eigenvalue weighted by Crippen LogP contribution is -2.11. The van der Waals surface area contributed by atoms with Crippen LogP contribution in [0.1, 0.15) is 18.1 Å². The van der Waals surface area contributed by atoms with Gasteiger partial charge in [-0.2, -0.15) is 0 Å². The first-order valence-corrected chi connectivity index (χ1v) is 6.82. The van der Waals surface area contributed by atoms with Crippen LogP contribution in [0.25, 0.3) is 0 Å². The van der Waals surface area contributed by atoms with Crippen molar-refractivity contribution in [2.24, 2.45) is 0 Å². The number of aryl methyl sites for hydroxylation is 1. The Hall–Kier alpha value is -2.40. The second-order valence-corrected chi connectivity index (χ2v) is 4.73. The number of nitro benzene ring substituents is 1. The van der Waals surface area contributed by atoms with Crippen molar-refractivity contribution in [2.75, 3.05) is 6.54 Å². The van der Waals surface area contributed by atoms with E-state index in [1.54, 1.807) is 19.1 Å². The summed E-state index contributed by atoms with van der Waals surface area (Å²) < 4.78 is 5.71. The van der Waals surface area contributed by atoms with Gasteiger partial charge in [0.1, 0.15) is 11.5 Å². The molecule has 0 amide bonds. The summed E-state index contributed by atoms with van der Waals surface area (Å²) in [5, 5.41) is 14.0. The summed E-state index contributed by atoms with van der Waals surface area (Å²) in [5.41, 5.74) is 1.87. The smallest absolute Gasteiger partial charge is 0.272 e. The summed E-state index contributed by atoms with van der Waals surface area (Å²) in [5.74, 6) is 1.31. The molecule has 0 unspecified atom stereocenters. The van der Waals surface area contributed by atoms with Gasteiger partial charge in [0.2, 0.25) is 0 Å². The van der Waals surface area contributed by atoms with Gasteiger partial charge < -0.3 is 10.1 Å². The Balaban J connectivity index is 2.07. The Morgan fingerprint density at radius 3 is 2.38 bits per heavy atom. The van der Waals surface area contributed by atoms with E-state index in [0.717, 1.165) is 13.1 Å². The minimum atomic E-state index is -0.394. The van der Waals surface area contributed by atoms with E-state index < -0.39 is 4.92 Å². The van der Waals surface area contributed by atoms with Crippen LogP contribution in [0, 0.1) is 17.0 Å². The highest BCUT2D eigenvalue weighted by Gasteiger charge is 2.10. The maximum absolute atomic E-state index is 10.8. The SMILES string of the molecule is CCNCc1ccc(Oc2ccc([N+](=O)[O-])c(C)c2)cc1. The molecule has 0 fully saturated rings. The van der Waals surface area contributed by atoms with Crippen molar-refractivity contribution in [1.82, 2.24) is 5.32 Å². The monoisotopic (exact) mass is 286 g/mol. The molecule has 2 rings (SSSR count). The average molecular weight is 286 g/mol. The van der Waals surface area contributed by atoms with Gasteiger partial charge in [0.05, 0.1) is 4.92 Å². The molecule has 0 aliphatic heterocycles. The molecule has 0 radical (unpaired) electrons. The summed E-state index contributed by atoms with van der Waals surface area (Å²) in [4.78, 5) is 10.4. The van der Waals surface area contributed by atoms with Gasteiger partial charge in [-0.05, 0) is 43.3 Å². The van der Waals surface area contributed by atoms with Gasteiger partial charge in [0.25, 0.3) is 5.69 Å². The number of ether oxygens (including phenoxy) is 1. The van der Waals surface area contributed by atoms with Crippen molar-refractivity contribution in [3.05, 3.63) is 63.7 Å². The zero-order valence-corrected chi connectivity index (χ0v) is 12.1. The number of nitro groups is 1. The molecule has 5 nitrogen and oxygen atoms in total. The normalized spacial score (nSPS) is 10.4. The molecule has 0 saturated carbocycles. The summed E-state index contributed by atoms with van der Waals surface area (Å²) in [7, 11) is 0. The highest BCUT2D eigenvalue weighted by molar-refractivity contribution is 5.45. The largest absolute Gasteiger partial charge is 0.457 e. The molecule has 2 aromatic carbocycles. The maximum atomic E-state index is 10.8. The summed E-state index contributed by atoms with van der Waals surface area (Å²) in [6, 6.07) is 12.5. The van der Waals surface area contributed by atoms with Crippen LogP contribution < -0.4 is 10.1 Å². The van der Waals surface area contributed by atoms with E-state index >= 15 is 0 Å². The topological polar surface area (TPSA) is 64.4 Å². The highest BCUT2D eigenvalue weighted by Crippen LogP contribution is 2.27. The molecule has 0 bridgehead atoms. The Bertz CT molecular complexity index is 624. The lowest BCUT2D eigenvalue weighted by Gasteiger charge is -2.08. The first kappa shape index (κ1) is 15.0. The molecule has 110 valence electrons. The number of benzene rings is 2. The first-order chi connectivity index (χ1) is 10.1. The molecule has 0 saturated heterocycles. The van der Waals surface area contributed by atoms with Gasteiger partial charge in [0.15, 0.2) is 0 Å². The molecule has 21 heavy (non-hydrogen) atoms. The van der Waals surface area contributed by atoms with Gasteiger partial charge in [-0.1, -0.05) is 19.1 Å². The van der Waals surface area contributed by atoms with Crippen LogP contribution in [-0.2, 0) is 6.54 Å². The Morgan fingerprint density at radius 1 is 1.14 bits per heavy atom. The standard InChI is InChI=1S/C16H18N2O3/c1-3-17-11-13-4-6-14(7-5-13)21-15-8-9-16(18(19)20)12(2)10-15/h4-10,17H,3,11H2,1-2H3. The molecule has 1 N–H and O–H groups in total. The van der Waals surface area contributed by atoms with Crippen molar-refractivity contribution in [3.63, 3.8) is 0 Å². The molecule has 2 aromatic rings. The quantitative estimate of drug-likeness (QED) is 0.648. The Kier molecular flexibility index (Phi) is 4.90. The molecule has 0 spiro atoms. The average Bonchev–Trinajstić information content (AvgIpc) is 2.46. The molecule has 0 aliphatic rings.